The number of hydrogen-bond acceptors (Lipinski definition) is 4. The molecule has 0 aliphatic carbocycles. The molecule has 1 aliphatic rings. The van der Waals surface area contributed by atoms with E-state index in [1.54, 1.807) is 70.2 Å². The van der Waals surface area contributed by atoms with Gasteiger partial charge < -0.3 is 14.4 Å². The predicted molar refractivity (Wildman–Crippen MR) is 116 cm³/mol. The number of Topliss-reactive ketones (excluding diaryl/α,β-unsaturated/α-hetero) is 1. The maximum atomic E-state index is 13.0. The molecule has 0 radical (unpaired) electrons. The molecule has 3 rings (SSSR count). The van der Waals surface area contributed by atoms with E-state index >= 15 is 0 Å². The monoisotopic (exact) mass is 406 g/mol. The van der Waals surface area contributed by atoms with Crippen molar-refractivity contribution in [3.05, 3.63) is 66.5 Å². The number of piperazine rings is 1. The largest absolute Gasteiger partial charge is 0.335 e. The van der Waals surface area contributed by atoms with E-state index in [-0.39, 0.29) is 11.9 Å². The van der Waals surface area contributed by atoms with Crippen LogP contribution in [0.1, 0.15) is 24.2 Å². The van der Waals surface area contributed by atoms with Crippen molar-refractivity contribution >= 4 is 28.6 Å². The fraction of sp³-hybridized carbons (Fsp3) is 0.304. The minimum Gasteiger partial charge on any atom is -0.335 e. The van der Waals surface area contributed by atoms with Crippen LogP contribution in [0.3, 0.4) is 0 Å². The molecule has 1 fully saturated rings. The number of aromatic nitrogens is 2. The van der Waals surface area contributed by atoms with E-state index in [4.69, 9.17) is 0 Å². The molecule has 1 saturated heterocycles. The van der Waals surface area contributed by atoms with Crippen LogP contribution >= 0.6 is 0 Å². The van der Waals surface area contributed by atoms with Crippen molar-refractivity contribution in [3.8, 4) is 0 Å². The minimum atomic E-state index is -0.554. The summed E-state index contributed by atoms with van der Waals surface area (Å²) in [5, 5.41) is 0.658. The normalized spacial score (nSPS) is 17.6. The summed E-state index contributed by atoms with van der Waals surface area (Å²) in [5.41, 5.74) is 1.54. The second kappa shape index (κ2) is 8.90. The van der Waals surface area contributed by atoms with Crippen LogP contribution in [-0.4, -0.2) is 62.6 Å². The summed E-state index contributed by atoms with van der Waals surface area (Å²) in [6.45, 7) is 8.38. The summed E-state index contributed by atoms with van der Waals surface area (Å²) >= 11 is 0. The van der Waals surface area contributed by atoms with Crippen molar-refractivity contribution in [2.75, 3.05) is 19.6 Å². The van der Waals surface area contributed by atoms with Gasteiger partial charge in [0.15, 0.2) is 0 Å². The van der Waals surface area contributed by atoms with Crippen LogP contribution in [-0.2, 0) is 16.6 Å². The molecule has 7 nitrogen and oxygen atoms in total. The highest BCUT2D eigenvalue weighted by Crippen LogP contribution is 2.21. The topological polar surface area (TPSA) is 75.5 Å². The van der Waals surface area contributed by atoms with Gasteiger partial charge in [-0.3, -0.25) is 14.4 Å². The fourth-order valence-corrected chi connectivity index (χ4v) is 3.77. The molecule has 2 amide bonds. The number of carbonyl (C=O) groups excluding carboxylic acids is 3. The number of ketones is 1. The quantitative estimate of drug-likeness (QED) is 0.331. The molecule has 0 spiro atoms. The Bertz CT molecular complexity index is 1060. The Balaban J connectivity index is 1.76. The minimum absolute atomic E-state index is 0.113. The highest BCUT2D eigenvalue weighted by atomic mass is 16.2. The van der Waals surface area contributed by atoms with Crippen LogP contribution in [0, 0.1) is 0 Å². The molecule has 0 bridgehead atoms. The number of hydrogen-bond donors (Lipinski definition) is 0. The predicted octanol–water partition coefficient (Wildman–Crippen LogP) is 2.50. The van der Waals surface area contributed by atoms with Gasteiger partial charge in [-0.05, 0) is 26.0 Å². The van der Waals surface area contributed by atoms with Gasteiger partial charge in [0.25, 0.3) is 17.6 Å². The molecule has 0 saturated carbocycles. The molecule has 1 unspecified atom stereocenters. The van der Waals surface area contributed by atoms with Crippen LogP contribution < -0.4 is 0 Å². The third kappa shape index (κ3) is 3.96. The van der Waals surface area contributed by atoms with Crippen LogP contribution in [0.25, 0.3) is 11.0 Å². The fourth-order valence-electron chi connectivity index (χ4n) is 3.77. The number of nitrogens with zero attached hydrogens (tertiary/aromatic N) is 4. The lowest BCUT2D eigenvalue weighted by molar-refractivity contribution is -0.137. The van der Waals surface area contributed by atoms with Crippen molar-refractivity contribution in [1.29, 1.82) is 0 Å². The Labute approximate surface area is 176 Å². The SMILES string of the molecule is C=C/C=C(\C=C/C)C(=O)N1CCN(C(=O)C(=O)c2cn(C)c3ncccc23)C(C)C1. The van der Waals surface area contributed by atoms with Gasteiger partial charge in [-0.1, -0.05) is 30.9 Å². The number of rotatable bonds is 5. The summed E-state index contributed by atoms with van der Waals surface area (Å²) in [4.78, 5) is 46.3. The highest BCUT2D eigenvalue weighted by molar-refractivity contribution is 6.44. The second-order valence-corrected chi connectivity index (χ2v) is 7.31. The van der Waals surface area contributed by atoms with Gasteiger partial charge in [0.2, 0.25) is 0 Å². The summed E-state index contributed by atoms with van der Waals surface area (Å²) in [7, 11) is 1.79. The lowest BCUT2D eigenvalue weighted by Crippen LogP contribution is -2.57. The van der Waals surface area contributed by atoms with Crippen molar-refractivity contribution in [1.82, 2.24) is 19.4 Å². The van der Waals surface area contributed by atoms with Crippen molar-refractivity contribution in [2.45, 2.75) is 19.9 Å². The lowest BCUT2D eigenvalue weighted by Gasteiger charge is -2.39. The Morgan fingerprint density at radius 1 is 1.23 bits per heavy atom. The van der Waals surface area contributed by atoms with Gasteiger partial charge in [-0.15, -0.1) is 0 Å². The first-order chi connectivity index (χ1) is 14.4. The first kappa shape index (κ1) is 21.2. The summed E-state index contributed by atoms with van der Waals surface area (Å²) in [6, 6.07) is 3.26. The van der Waals surface area contributed by atoms with Crippen molar-refractivity contribution < 1.29 is 14.4 Å². The van der Waals surface area contributed by atoms with Gasteiger partial charge in [0.05, 0.1) is 5.56 Å². The van der Waals surface area contributed by atoms with E-state index in [1.165, 1.54) is 0 Å². The van der Waals surface area contributed by atoms with E-state index in [0.717, 1.165) is 0 Å². The van der Waals surface area contributed by atoms with E-state index in [1.807, 2.05) is 13.8 Å². The Morgan fingerprint density at radius 3 is 2.67 bits per heavy atom. The zero-order valence-corrected chi connectivity index (χ0v) is 17.5. The standard InChI is InChI=1S/C23H26N4O3/c1-5-8-17(9-6-2)22(29)26-12-13-27(16(3)14-26)23(30)20(28)19-15-25(4)21-18(19)10-7-11-24-21/h5-11,15-16H,1,12-14H2,2-4H3/b9-6-,17-8+. The molecule has 0 N–H and O–H groups in total. The highest BCUT2D eigenvalue weighted by Gasteiger charge is 2.34. The molecule has 7 heteroatoms. The average molecular weight is 406 g/mol. The number of carbonyl (C=O) groups is 3. The van der Waals surface area contributed by atoms with Gasteiger partial charge in [-0.2, -0.15) is 0 Å². The molecule has 30 heavy (non-hydrogen) atoms. The Hall–Kier alpha value is -3.48. The number of pyridine rings is 1. The molecule has 1 atom stereocenters. The number of aryl methyl sites for hydroxylation is 1. The third-order valence-electron chi connectivity index (χ3n) is 5.24. The van der Waals surface area contributed by atoms with Gasteiger partial charge >= 0.3 is 0 Å². The molecular formula is C23H26N4O3. The smallest absolute Gasteiger partial charge is 0.295 e. The molecular weight excluding hydrogens is 380 g/mol. The Kier molecular flexibility index (Phi) is 6.30. The average Bonchev–Trinajstić information content (AvgIpc) is 3.09. The lowest BCUT2D eigenvalue weighted by atomic mass is 10.1. The summed E-state index contributed by atoms with van der Waals surface area (Å²) in [5.74, 6) is -1.22. The van der Waals surface area contributed by atoms with Gasteiger partial charge in [0, 0.05) is 56.1 Å². The molecule has 2 aromatic heterocycles. The maximum Gasteiger partial charge on any atom is 0.295 e. The molecule has 156 valence electrons. The van der Waals surface area contributed by atoms with Crippen LogP contribution in [0.2, 0.25) is 0 Å². The van der Waals surface area contributed by atoms with Gasteiger partial charge in [0.1, 0.15) is 5.65 Å². The number of fused-ring (bicyclic) bond motifs is 1. The molecule has 0 aromatic carbocycles. The zero-order chi connectivity index (χ0) is 21.8. The summed E-state index contributed by atoms with van der Waals surface area (Å²) < 4.78 is 1.74. The number of allylic oxidation sites excluding steroid dienone is 3. The van der Waals surface area contributed by atoms with E-state index in [0.29, 0.717) is 41.8 Å². The van der Waals surface area contributed by atoms with Crippen molar-refractivity contribution in [2.24, 2.45) is 7.05 Å². The van der Waals surface area contributed by atoms with Crippen LogP contribution in [0.15, 0.2) is 61.0 Å². The van der Waals surface area contributed by atoms with Crippen LogP contribution in [0.5, 0.6) is 0 Å². The first-order valence-electron chi connectivity index (χ1n) is 9.89. The maximum absolute atomic E-state index is 13.0. The van der Waals surface area contributed by atoms with E-state index in [2.05, 4.69) is 11.6 Å². The zero-order valence-electron chi connectivity index (χ0n) is 17.5. The second-order valence-electron chi connectivity index (χ2n) is 7.31. The molecule has 3 heterocycles. The van der Waals surface area contributed by atoms with E-state index < -0.39 is 11.7 Å². The van der Waals surface area contributed by atoms with E-state index in [9.17, 15) is 14.4 Å². The molecule has 2 aromatic rings. The van der Waals surface area contributed by atoms with Crippen molar-refractivity contribution in [3.63, 3.8) is 0 Å². The first-order valence-corrected chi connectivity index (χ1v) is 9.89. The Morgan fingerprint density at radius 2 is 2.00 bits per heavy atom. The molecule has 1 aliphatic heterocycles. The van der Waals surface area contributed by atoms with Gasteiger partial charge in [-0.25, -0.2) is 4.98 Å². The third-order valence-corrected chi connectivity index (χ3v) is 5.24. The number of amides is 2. The summed E-state index contributed by atoms with van der Waals surface area (Å²) in [6.07, 6.45) is 10.1. The van der Waals surface area contributed by atoms with Crippen LogP contribution in [0.4, 0.5) is 0 Å².